The summed E-state index contributed by atoms with van der Waals surface area (Å²) in [7, 11) is 0. The van der Waals surface area contributed by atoms with Crippen LogP contribution >= 0.6 is 0 Å². The van der Waals surface area contributed by atoms with Gasteiger partial charge in [0.25, 0.3) is 0 Å². The summed E-state index contributed by atoms with van der Waals surface area (Å²) in [6.07, 6.45) is -0.524. The molecule has 5 heteroatoms. The average Bonchev–Trinajstić information content (AvgIpc) is 3.83. The van der Waals surface area contributed by atoms with Gasteiger partial charge >= 0.3 is 0 Å². The van der Waals surface area contributed by atoms with Gasteiger partial charge in [0.1, 0.15) is 23.2 Å². The molecule has 10 rings (SSSR count). The van der Waals surface area contributed by atoms with Gasteiger partial charge in [0.15, 0.2) is 0 Å². The highest BCUT2D eigenvalue weighted by atomic mass is 16.3. The summed E-state index contributed by atoms with van der Waals surface area (Å²) in [4.78, 5) is 5.12. The fraction of sp³-hybridized carbons (Fsp3) is 0.0192. The van der Waals surface area contributed by atoms with Crippen LogP contribution in [0.3, 0.4) is 0 Å². The molecule has 0 saturated carbocycles. The zero-order valence-electron chi connectivity index (χ0n) is 31.1. The molecule has 0 fully saturated rings. The molecule has 0 radical (unpaired) electrons. The van der Waals surface area contributed by atoms with Crippen LogP contribution in [0.15, 0.2) is 210 Å². The van der Waals surface area contributed by atoms with Crippen molar-refractivity contribution < 1.29 is 4.42 Å². The van der Waals surface area contributed by atoms with Gasteiger partial charge in [-0.2, -0.15) is 0 Å². The van der Waals surface area contributed by atoms with Crippen molar-refractivity contribution in [3.8, 4) is 27.9 Å². The minimum Gasteiger partial charge on any atom is -0.455 e. The standard InChI is InChI=1S/C52H38N4O/c1-34(54-52(36-18-7-3-8-19-36)55-51(53)39-21-13-20-37(32-39)35-16-5-2-6-17-35)41-25-14-27-44-49-42(26-15-29-48(49)57-50(41)44)38-30-31-47-45(33-38)43-24-11-12-28-46(43)56(47)40-22-9-4-10-23-40/h2-33,51H,1,53H2,(H,54,55). The fourth-order valence-electron chi connectivity index (χ4n) is 8.06. The van der Waals surface area contributed by atoms with Crippen molar-refractivity contribution in [3.63, 3.8) is 0 Å². The minimum atomic E-state index is -0.524. The van der Waals surface area contributed by atoms with Crippen LogP contribution in [-0.2, 0) is 0 Å². The highest BCUT2D eigenvalue weighted by Crippen LogP contribution is 2.41. The lowest BCUT2D eigenvalue weighted by Gasteiger charge is -2.19. The Morgan fingerprint density at radius 1 is 0.579 bits per heavy atom. The summed E-state index contributed by atoms with van der Waals surface area (Å²) in [5.41, 5.74) is 19.6. The van der Waals surface area contributed by atoms with E-state index in [1.165, 1.54) is 21.8 Å². The molecule has 5 nitrogen and oxygen atoms in total. The van der Waals surface area contributed by atoms with E-state index in [0.717, 1.165) is 66.6 Å². The molecule has 0 aliphatic rings. The van der Waals surface area contributed by atoms with Gasteiger partial charge in [-0.1, -0.05) is 152 Å². The Morgan fingerprint density at radius 3 is 2.07 bits per heavy atom. The van der Waals surface area contributed by atoms with Crippen LogP contribution < -0.4 is 11.1 Å². The first-order chi connectivity index (χ1) is 28.1. The molecule has 3 N–H and O–H groups in total. The monoisotopic (exact) mass is 734 g/mol. The zero-order valence-corrected chi connectivity index (χ0v) is 31.1. The van der Waals surface area contributed by atoms with Crippen molar-refractivity contribution >= 4 is 55.3 Å². The number of rotatable bonds is 8. The maximum atomic E-state index is 6.86. The van der Waals surface area contributed by atoms with Crippen molar-refractivity contribution in [1.29, 1.82) is 0 Å². The SMILES string of the molecule is C=C(N=C(NC(N)c1cccc(-c2ccccc2)c1)c1ccccc1)c1cccc2c1oc1cccc(-c3ccc4c(c3)c3ccccc3n4-c3ccccc3)c12. The molecule has 272 valence electrons. The third-order valence-electron chi connectivity index (χ3n) is 10.8. The quantitative estimate of drug-likeness (QED) is 0.0928. The Morgan fingerprint density at radius 2 is 1.25 bits per heavy atom. The molecule has 8 aromatic carbocycles. The first kappa shape index (κ1) is 34.1. The zero-order chi connectivity index (χ0) is 38.3. The number of aromatic nitrogens is 1. The first-order valence-corrected chi connectivity index (χ1v) is 19.1. The van der Waals surface area contributed by atoms with Gasteiger partial charge in [-0.25, -0.2) is 4.99 Å². The van der Waals surface area contributed by atoms with Crippen molar-refractivity contribution in [2.24, 2.45) is 10.7 Å². The summed E-state index contributed by atoms with van der Waals surface area (Å²) in [5.74, 6) is 0.620. The summed E-state index contributed by atoms with van der Waals surface area (Å²) < 4.78 is 9.04. The van der Waals surface area contributed by atoms with E-state index in [9.17, 15) is 0 Å². The maximum Gasteiger partial charge on any atom is 0.144 e. The normalized spacial score (nSPS) is 12.4. The Balaban J connectivity index is 1.05. The Bertz CT molecular complexity index is 3120. The number of para-hydroxylation sites is 3. The highest BCUT2D eigenvalue weighted by molar-refractivity contribution is 6.16. The number of fused-ring (bicyclic) bond motifs is 6. The Kier molecular flexibility index (Phi) is 8.55. The maximum absolute atomic E-state index is 6.86. The molecule has 1 unspecified atom stereocenters. The highest BCUT2D eigenvalue weighted by Gasteiger charge is 2.19. The molecular formula is C52H38N4O. The van der Waals surface area contributed by atoms with Crippen LogP contribution in [-0.4, -0.2) is 10.4 Å². The molecule has 0 saturated heterocycles. The summed E-state index contributed by atoms with van der Waals surface area (Å²) in [5, 5.41) is 7.98. The summed E-state index contributed by atoms with van der Waals surface area (Å²) >= 11 is 0. The molecule has 2 aromatic heterocycles. The van der Waals surface area contributed by atoms with Crippen molar-refractivity contribution in [3.05, 3.63) is 217 Å². The second-order valence-corrected chi connectivity index (χ2v) is 14.3. The largest absolute Gasteiger partial charge is 0.455 e. The average molecular weight is 735 g/mol. The van der Waals surface area contributed by atoms with E-state index in [4.69, 9.17) is 15.1 Å². The molecule has 57 heavy (non-hydrogen) atoms. The van der Waals surface area contributed by atoms with Gasteiger partial charge in [0.2, 0.25) is 0 Å². The number of aliphatic imine (C=N–C) groups is 1. The van der Waals surface area contributed by atoms with Crippen molar-refractivity contribution in [2.45, 2.75) is 6.17 Å². The summed E-state index contributed by atoms with van der Waals surface area (Å²) in [6.45, 7) is 4.48. The topological polar surface area (TPSA) is 68.5 Å². The number of benzene rings is 8. The molecule has 0 spiro atoms. The fourth-order valence-corrected chi connectivity index (χ4v) is 8.06. The number of furan rings is 1. The van der Waals surface area contributed by atoms with Gasteiger partial charge in [-0.05, 0) is 76.3 Å². The molecule has 10 aromatic rings. The molecule has 1 atom stereocenters. The smallest absolute Gasteiger partial charge is 0.144 e. The van der Waals surface area contributed by atoms with Crippen molar-refractivity contribution in [2.75, 3.05) is 0 Å². The number of nitrogens with one attached hydrogen (secondary N) is 1. The summed E-state index contributed by atoms with van der Waals surface area (Å²) in [6, 6.07) is 67.0. The first-order valence-electron chi connectivity index (χ1n) is 19.1. The number of hydrogen-bond acceptors (Lipinski definition) is 3. The van der Waals surface area contributed by atoms with Gasteiger partial charge in [0, 0.05) is 38.4 Å². The van der Waals surface area contributed by atoms with Gasteiger partial charge in [-0.15, -0.1) is 0 Å². The molecule has 0 aliphatic heterocycles. The van der Waals surface area contributed by atoms with E-state index in [-0.39, 0.29) is 0 Å². The van der Waals surface area contributed by atoms with E-state index in [1.807, 2.05) is 72.8 Å². The predicted octanol–water partition coefficient (Wildman–Crippen LogP) is 12.7. The van der Waals surface area contributed by atoms with E-state index in [1.54, 1.807) is 0 Å². The van der Waals surface area contributed by atoms with Gasteiger partial charge < -0.3 is 20.0 Å². The third kappa shape index (κ3) is 6.17. The minimum absolute atomic E-state index is 0.524. The van der Waals surface area contributed by atoms with Crippen LogP contribution in [0, 0.1) is 0 Å². The lowest BCUT2D eigenvalue weighted by Crippen LogP contribution is -2.34. The molecular weight excluding hydrogens is 697 g/mol. The molecule has 2 heterocycles. The predicted molar refractivity (Wildman–Crippen MR) is 237 cm³/mol. The van der Waals surface area contributed by atoms with Crippen LogP contribution in [0.2, 0.25) is 0 Å². The Labute approximate surface area is 330 Å². The van der Waals surface area contributed by atoms with Crippen LogP contribution in [0.4, 0.5) is 0 Å². The van der Waals surface area contributed by atoms with Crippen LogP contribution in [0.5, 0.6) is 0 Å². The number of amidine groups is 1. The number of nitrogens with two attached hydrogens (primary N) is 1. The van der Waals surface area contributed by atoms with Gasteiger partial charge in [-0.3, -0.25) is 0 Å². The lowest BCUT2D eigenvalue weighted by molar-refractivity contribution is 0.667. The van der Waals surface area contributed by atoms with E-state index in [0.29, 0.717) is 11.5 Å². The second-order valence-electron chi connectivity index (χ2n) is 14.3. The molecule has 0 aliphatic carbocycles. The number of nitrogens with zero attached hydrogens (tertiary/aromatic N) is 2. The van der Waals surface area contributed by atoms with Crippen molar-refractivity contribution in [1.82, 2.24) is 9.88 Å². The third-order valence-corrected chi connectivity index (χ3v) is 10.8. The molecule has 0 amide bonds. The Hall–Kier alpha value is -7.47. The van der Waals surface area contributed by atoms with E-state index >= 15 is 0 Å². The van der Waals surface area contributed by atoms with E-state index in [2.05, 4.69) is 138 Å². The van der Waals surface area contributed by atoms with E-state index < -0.39 is 6.17 Å². The second kappa shape index (κ2) is 14.3. The van der Waals surface area contributed by atoms with Crippen LogP contribution in [0.25, 0.3) is 77.4 Å². The lowest BCUT2D eigenvalue weighted by atomic mass is 9.97. The van der Waals surface area contributed by atoms with Crippen LogP contribution in [0.1, 0.15) is 22.9 Å². The van der Waals surface area contributed by atoms with Gasteiger partial charge in [0.05, 0.1) is 16.7 Å². The number of hydrogen-bond donors (Lipinski definition) is 2. The molecule has 0 bridgehead atoms.